The maximum Gasteiger partial charge on any atom is 0.0783 e. The van der Waals surface area contributed by atoms with Crippen molar-refractivity contribution in [2.45, 2.75) is 115 Å². The van der Waals surface area contributed by atoms with Crippen molar-refractivity contribution in [3.8, 4) is 0 Å². The minimum Gasteiger partial charge on any atom is -0.762 e. The smallest absolute Gasteiger partial charge is 0.0783 e. The predicted molar refractivity (Wildman–Crippen MR) is 101 cm³/mol. The molecule has 0 amide bonds. The summed E-state index contributed by atoms with van der Waals surface area (Å²) in [6.45, 7) is 4.50. The number of rotatable bonds is 6. The van der Waals surface area contributed by atoms with Crippen molar-refractivity contribution in [1.82, 2.24) is 10.5 Å². The average molecular weight is 369 g/mol. The molecular weight excluding hydrogens is 332 g/mol. The molecule has 0 unspecified atom stereocenters. The van der Waals surface area contributed by atoms with Gasteiger partial charge >= 0.3 is 0 Å². The van der Waals surface area contributed by atoms with Crippen molar-refractivity contribution < 1.29 is 9.68 Å². The lowest BCUT2D eigenvalue weighted by Gasteiger charge is -2.44. The molecule has 0 atom stereocenters. The van der Waals surface area contributed by atoms with Gasteiger partial charge in [0.1, 0.15) is 0 Å². The fourth-order valence-electron chi connectivity index (χ4n) is 4.62. The van der Waals surface area contributed by atoms with Gasteiger partial charge < -0.3 is 20.1 Å². The molecule has 3 aliphatic carbocycles. The van der Waals surface area contributed by atoms with E-state index in [1.54, 1.807) is 0 Å². The van der Waals surface area contributed by atoms with Gasteiger partial charge in [0.25, 0.3) is 0 Å². The Labute approximate surface area is 158 Å². The Hall–Kier alpha value is -0.240. The van der Waals surface area contributed by atoms with Crippen LogP contribution in [0.5, 0.6) is 0 Å². The highest BCUT2D eigenvalue weighted by Crippen LogP contribution is 2.31. The van der Waals surface area contributed by atoms with Crippen molar-refractivity contribution in [1.29, 1.82) is 0 Å². The van der Waals surface area contributed by atoms with E-state index in [2.05, 4.69) is 13.8 Å². The number of nitrogens with zero attached hydrogens (tertiary/aromatic N) is 2. The molecule has 0 aromatic rings. The molecule has 0 spiro atoms. The summed E-state index contributed by atoms with van der Waals surface area (Å²) in [5.74, 6) is 1.46. The molecule has 0 aliphatic heterocycles. The van der Waals surface area contributed by atoms with E-state index in [-0.39, 0.29) is 24.3 Å². The van der Waals surface area contributed by atoms with E-state index in [0.717, 1.165) is 99.3 Å². The van der Waals surface area contributed by atoms with Gasteiger partial charge in [0.15, 0.2) is 0 Å². The first-order valence-electron chi connectivity index (χ1n) is 10.8. The van der Waals surface area contributed by atoms with Crippen LogP contribution in [0.1, 0.15) is 90.9 Å². The first kappa shape index (κ1) is 20.5. The highest BCUT2D eigenvalue weighted by atomic mass is 16.9. The van der Waals surface area contributed by atoms with Crippen molar-refractivity contribution in [2.24, 2.45) is 11.8 Å². The third kappa shape index (κ3) is 5.88. The lowest BCUT2D eigenvalue weighted by molar-refractivity contribution is -0.231. The Morgan fingerprint density at radius 3 is 1.15 bits per heavy atom. The summed E-state index contributed by atoms with van der Waals surface area (Å²) in [6.07, 6.45) is 11.3. The molecule has 6 nitrogen and oxygen atoms in total. The molecule has 0 heterocycles. The molecule has 3 rings (SSSR count). The van der Waals surface area contributed by atoms with Crippen LogP contribution in [0.3, 0.4) is 0 Å². The van der Waals surface area contributed by atoms with Gasteiger partial charge in [-0.1, -0.05) is 13.8 Å². The molecule has 0 N–H and O–H groups in total. The zero-order chi connectivity index (χ0) is 18.5. The zero-order valence-corrected chi connectivity index (χ0v) is 16.5. The maximum absolute atomic E-state index is 12.3. The Balaban J connectivity index is 1.33. The van der Waals surface area contributed by atoms with Gasteiger partial charge in [-0.3, -0.25) is 10.5 Å². The van der Waals surface area contributed by atoms with Crippen LogP contribution < -0.4 is 0 Å². The topological polar surface area (TPSA) is 71.1 Å². The van der Waals surface area contributed by atoms with Crippen LogP contribution >= 0.6 is 0 Å². The monoisotopic (exact) mass is 368 g/mol. The van der Waals surface area contributed by atoms with Crippen molar-refractivity contribution in [3.63, 3.8) is 0 Å². The van der Waals surface area contributed by atoms with Gasteiger partial charge in [0, 0.05) is 12.1 Å². The third-order valence-corrected chi connectivity index (χ3v) is 6.69. The van der Waals surface area contributed by atoms with Crippen LogP contribution in [0.2, 0.25) is 0 Å². The van der Waals surface area contributed by atoms with E-state index >= 15 is 0 Å². The first-order valence-corrected chi connectivity index (χ1v) is 10.8. The Morgan fingerprint density at radius 1 is 0.538 bits per heavy atom. The molecule has 3 fully saturated rings. The van der Waals surface area contributed by atoms with E-state index < -0.39 is 0 Å². The van der Waals surface area contributed by atoms with E-state index in [1.807, 2.05) is 0 Å². The van der Waals surface area contributed by atoms with Crippen LogP contribution in [0.15, 0.2) is 0 Å². The summed E-state index contributed by atoms with van der Waals surface area (Å²) in [7, 11) is 0. The minimum absolute atomic E-state index is 0.0194. The summed E-state index contributed by atoms with van der Waals surface area (Å²) in [5.41, 5.74) is 0. The number of hydroxylamine groups is 4. The van der Waals surface area contributed by atoms with Gasteiger partial charge in [-0.05, 0) is 88.9 Å². The van der Waals surface area contributed by atoms with Gasteiger partial charge in [0.05, 0.1) is 12.2 Å². The molecule has 0 saturated heterocycles. The highest BCUT2D eigenvalue weighted by molar-refractivity contribution is 4.79. The summed E-state index contributed by atoms with van der Waals surface area (Å²) in [4.78, 5) is 11.4. The largest absolute Gasteiger partial charge is 0.762 e. The van der Waals surface area contributed by atoms with Gasteiger partial charge in [-0.2, -0.15) is 0 Å². The molecule has 0 radical (unpaired) electrons. The molecule has 0 bridgehead atoms. The Morgan fingerprint density at radius 2 is 0.846 bits per heavy atom. The van der Waals surface area contributed by atoms with Crippen LogP contribution in [-0.4, -0.2) is 34.7 Å². The Kier molecular flexibility index (Phi) is 7.73. The van der Waals surface area contributed by atoms with Gasteiger partial charge in [0.2, 0.25) is 0 Å². The summed E-state index contributed by atoms with van der Waals surface area (Å²) in [5, 5.41) is 26.3. The molecule has 0 aromatic heterocycles. The lowest BCUT2D eigenvalue weighted by Crippen LogP contribution is -2.40. The van der Waals surface area contributed by atoms with Crippen molar-refractivity contribution in [2.75, 3.05) is 0 Å². The molecule has 3 aliphatic rings. The van der Waals surface area contributed by atoms with Crippen LogP contribution in [0, 0.1) is 22.3 Å². The SMILES string of the molecule is CC1CCC(N([O-])OC2CCC(ON([O-])C3CCC(C)CC3)CC2)CC1. The molecular formula is C20H36N2O4-2. The quantitative estimate of drug-likeness (QED) is 0.620. The maximum atomic E-state index is 12.3. The van der Waals surface area contributed by atoms with Crippen molar-refractivity contribution in [3.05, 3.63) is 10.4 Å². The van der Waals surface area contributed by atoms with E-state index in [1.165, 1.54) is 0 Å². The second-order valence-electron chi connectivity index (χ2n) is 9.01. The van der Waals surface area contributed by atoms with Gasteiger partial charge in [-0.25, -0.2) is 0 Å². The fourth-order valence-corrected chi connectivity index (χ4v) is 4.62. The predicted octanol–water partition coefficient (Wildman–Crippen LogP) is 4.92. The number of hydrogen-bond donors (Lipinski definition) is 0. The standard InChI is InChI=1S/C20H36N2O4/c1-15-3-7-17(8-4-15)21(23)25-19-11-13-20(14-12-19)26-22(24)18-9-5-16(2)6-10-18/h15-20H,3-14H2,1-2H3/q-2. The first-order chi connectivity index (χ1) is 12.5. The van der Waals surface area contributed by atoms with Crippen LogP contribution in [0.4, 0.5) is 0 Å². The van der Waals surface area contributed by atoms with Gasteiger partial charge in [-0.15, -0.1) is 0 Å². The average Bonchev–Trinajstić information content (AvgIpc) is 2.64. The normalized spacial score (nSPS) is 39.5. The lowest BCUT2D eigenvalue weighted by atomic mass is 9.88. The minimum atomic E-state index is -0.0256. The van der Waals surface area contributed by atoms with E-state index in [9.17, 15) is 10.4 Å². The van der Waals surface area contributed by atoms with Crippen LogP contribution in [0.25, 0.3) is 0 Å². The third-order valence-electron chi connectivity index (χ3n) is 6.69. The van der Waals surface area contributed by atoms with E-state index in [4.69, 9.17) is 9.68 Å². The second-order valence-corrected chi connectivity index (χ2v) is 9.01. The number of hydrogen-bond acceptors (Lipinski definition) is 6. The van der Waals surface area contributed by atoms with E-state index in [0.29, 0.717) is 0 Å². The molecule has 6 heteroatoms. The summed E-state index contributed by atoms with van der Waals surface area (Å²) in [6, 6.07) is 0.0389. The second kappa shape index (κ2) is 9.80. The van der Waals surface area contributed by atoms with Crippen molar-refractivity contribution >= 4 is 0 Å². The molecule has 26 heavy (non-hydrogen) atoms. The highest BCUT2D eigenvalue weighted by Gasteiger charge is 2.28. The molecule has 3 saturated carbocycles. The fraction of sp³-hybridized carbons (Fsp3) is 1.00. The molecule has 0 aromatic carbocycles. The Bertz CT molecular complexity index is 363. The summed E-state index contributed by atoms with van der Waals surface area (Å²) < 4.78 is 0. The zero-order valence-electron chi connectivity index (χ0n) is 16.5. The summed E-state index contributed by atoms with van der Waals surface area (Å²) >= 11 is 0. The van der Waals surface area contributed by atoms with Crippen LogP contribution in [-0.2, 0) is 9.68 Å². The molecule has 152 valence electrons.